The summed E-state index contributed by atoms with van der Waals surface area (Å²) in [4.78, 5) is 8.13. The van der Waals surface area contributed by atoms with Gasteiger partial charge in [-0.1, -0.05) is 19.8 Å². The molecule has 0 bridgehead atoms. The van der Waals surface area contributed by atoms with Gasteiger partial charge in [0.05, 0.1) is 6.16 Å². The first-order valence-electron chi connectivity index (χ1n) is 3.07. The van der Waals surface area contributed by atoms with Gasteiger partial charge in [-0.2, -0.15) is 4.20 Å². The Hall–Kier alpha value is 0.120. The average molecular weight is 154 g/mol. The highest BCUT2D eigenvalue weighted by Crippen LogP contribution is 2.42. The molecule has 0 aromatic carbocycles. The molecule has 1 unspecified atom stereocenters. The third-order valence-electron chi connectivity index (χ3n) is 1.04. The third kappa shape index (κ3) is 8.12. The van der Waals surface area contributed by atoms with Gasteiger partial charge in [0.1, 0.15) is 0 Å². The maximum absolute atomic E-state index is 11.8. The molecule has 0 fully saturated rings. The second-order valence-electron chi connectivity index (χ2n) is 2.05. The number of rotatable bonds is 4. The predicted molar refractivity (Wildman–Crippen MR) is 35.3 cm³/mol. The van der Waals surface area contributed by atoms with E-state index >= 15 is 0 Å². The molecule has 0 aliphatic rings. The number of unbranched alkanes of at least 4 members (excludes halogenated alkanes) is 2. The molecule has 2 nitrogen and oxygen atoms in total. The van der Waals surface area contributed by atoms with E-state index in [2.05, 4.69) is 0 Å². The van der Waals surface area contributed by atoms with E-state index in [4.69, 9.17) is 4.89 Å². The van der Waals surface area contributed by atoms with E-state index in [1.807, 2.05) is 6.92 Å². The molecule has 9 heavy (non-hydrogen) atoms. The largest absolute Gasteiger partial charge is 0.365 e. The molecule has 4 heteroatoms. The zero-order valence-electron chi connectivity index (χ0n) is 5.51. The molecule has 0 aromatic rings. The lowest BCUT2D eigenvalue weighted by Gasteiger charge is -1.97. The highest BCUT2D eigenvalue weighted by atomic mass is 31.2. The summed E-state index contributed by atoms with van der Waals surface area (Å²) in [5.74, 6) is 0. The molecule has 0 rings (SSSR count). The summed E-state index contributed by atoms with van der Waals surface area (Å²) >= 11 is 0. The number of hydrogen-bond donors (Lipinski definition) is 1. The van der Waals surface area contributed by atoms with Crippen LogP contribution in [0.1, 0.15) is 26.2 Å². The normalized spacial score (nSPS) is 17.2. The van der Waals surface area contributed by atoms with Crippen molar-refractivity contribution in [2.24, 2.45) is 0 Å². The Balaban J connectivity index is 3.18. The van der Waals surface area contributed by atoms with Crippen molar-refractivity contribution in [1.29, 1.82) is 0 Å². The Morgan fingerprint density at radius 3 is 2.44 bits per heavy atom. The minimum absolute atomic E-state index is 0.180. The molecule has 0 radical (unpaired) electrons. The van der Waals surface area contributed by atoms with E-state index in [1.54, 1.807) is 0 Å². The van der Waals surface area contributed by atoms with Gasteiger partial charge in [-0.05, 0) is 6.42 Å². The van der Waals surface area contributed by atoms with Crippen molar-refractivity contribution in [3.63, 3.8) is 0 Å². The van der Waals surface area contributed by atoms with Gasteiger partial charge in [0.2, 0.25) is 0 Å². The molecule has 0 aliphatic heterocycles. The Bertz CT molecular complexity index is 110. The van der Waals surface area contributed by atoms with Gasteiger partial charge in [-0.15, -0.1) is 0 Å². The summed E-state index contributed by atoms with van der Waals surface area (Å²) in [7, 11) is -4.20. The summed E-state index contributed by atoms with van der Waals surface area (Å²) in [5.41, 5.74) is 0. The van der Waals surface area contributed by atoms with Gasteiger partial charge in [-0.25, -0.2) is 0 Å². The molecule has 0 amide bonds. The maximum atomic E-state index is 11.8. The highest BCUT2D eigenvalue weighted by Gasteiger charge is 2.13. The van der Waals surface area contributed by atoms with Gasteiger partial charge < -0.3 is 4.89 Å². The molecule has 0 spiro atoms. The van der Waals surface area contributed by atoms with Crippen molar-refractivity contribution < 1.29 is 13.7 Å². The van der Waals surface area contributed by atoms with Crippen molar-refractivity contribution in [1.82, 2.24) is 0 Å². The van der Waals surface area contributed by atoms with Crippen LogP contribution in [-0.2, 0) is 4.57 Å². The molecule has 0 saturated heterocycles. The van der Waals surface area contributed by atoms with Gasteiger partial charge in [0, 0.05) is 0 Å². The zero-order valence-corrected chi connectivity index (χ0v) is 6.40. The van der Waals surface area contributed by atoms with E-state index in [0.717, 1.165) is 12.8 Å². The van der Waals surface area contributed by atoms with Crippen LogP contribution in [0, 0.1) is 0 Å². The minimum atomic E-state index is -4.20. The third-order valence-corrected chi connectivity index (χ3v) is 1.91. The standard InChI is InChI=1S/C5H12FO2P/c1-2-3-4-5-9(6,7)8/h2-5H2,1H3,(H,7,8). The van der Waals surface area contributed by atoms with Gasteiger partial charge in [0.25, 0.3) is 0 Å². The van der Waals surface area contributed by atoms with Crippen LogP contribution in [-0.4, -0.2) is 11.1 Å². The Morgan fingerprint density at radius 1 is 1.56 bits per heavy atom. The minimum Gasteiger partial charge on any atom is -0.321 e. The maximum Gasteiger partial charge on any atom is 0.365 e. The SMILES string of the molecule is CCCCCP(=O)(O)F. The Labute approximate surface area is 54.7 Å². The Kier molecular flexibility index (Phi) is 4.07. The molecule has 1 N–H and O–H groups in total. The first-order valence-corrected chi connectivity index (χ1v) is 4.81. The summed E-state index contributed by atoms with van der Waals surface area (Å²) in [6.45, 7) is 1.96. The van der Waals surface area contributed by atoms with E-state index in [0.29, 0.717) is 6.42 Å². The second-order valence-corrected chi connectivity index (χ2v) is 3.73. The molecule has 0 saturated carbocycles. The van der Waals surface area contributed by atoms with Crippen LogP contribution in [0.15, 0.2) is 0 Å². The van der Waals surface area contributed by atoms with Gasteiger partial charge >= 0.3 is 7.68 Å². The van der Waals surface area contributed by atoms with Crippen molar-refractivity contribution >= 4 is 7.68 Å². The van der Waals surface area contributed by atoms with Crippen LogP contribution >= 0.6 is 7.68 Å². The molecule has 0 heterocycles. The number of hydrogen-bond acceptors (Lipinski definition) is 1. The Morgan fingerprint density at radius 2 is 2.11 bits per heavy atom. The molecule has 0 aromatic heterocycles. The smallest absolute Gasteiger partial charge is 0.321 e. The van der Waals surface area contributed by atoms with Crippen LogP contribution in [0.2, 0.25) is 0 Å². The first-order chi connectivity index (χ1) is 4.06. The topological polar surface area (TPSA) is 37.3 Å². The summed E-state index contributed by atoms with van der Waals surface area (Å²) < 4.78 is 21.8. The van der Waals surface area contributed by atoms with Crippen molar-refractivity contribution in [2.45, 2.75) is 26.2 Å². The van der Waals surface area contributed by atoms with Gasteiger partial charge in [-0.3, -0.25) is 4.57 Å². The van der Waals surface area contributed by atoms with Crippen LogP contribution in [0.3, 0.4) is 0 Å². The number of halogens is 1. The van der Waals surface area contributed by atoms with E-state index in [9.17, 15) is 8.76 Å². The summed E-state index contributed by atoms with van der Waals surface area (Å²) in [6, 6.07) is 0. The highest BCUT2D eigenvalue weighted by molar-refractivity contribution is 7.52. The van der Waals surface area contributed by atoms with Crippen molar-refractivity contribution in [3.8, 4) is 0 Å². The zero-order chi connectivity index (χ0) is 7.33. The lowest BCUT2D eigenvalue weighted by atomic mass is 10.3. The second kappa shape index (κ2) is 4.02. The fourth-order valence-electron chi connectivity index (χ4n) is 0.557. The fraction of sp³-hybridized carbons (Fsp3) is 1.00. The van der Waals surface area contributed by atoms with Crippen LogP contribution in [0.25, 0.3) is 0 Å². The molecule has 1 atom stereocenters. The lowest BCUT2D eigenvalue weighted by molar-refractivity contribution is 0.426. The quantitative estimate of drug-likeness (QED) is 0.498. The van der Waals surface area contributed by atoms with Crippen molar-refractivity contribution in [3.05, 3.63) is 0 Å². The predicted octanol–water partition coefficient (Wildman–Crippen LogP) is 2.33. The van der Waals surface area contributed by atoms with Crippen LogP contribution in [0.5, 0.6) is 0 Å². The first kappa shape index (κ1) is 9.12. The molecule has 56 valence electrons. The fourth-order valence-corrected chi connectivity index (χ4v) is 1.17. The van der Waals surface area contributed by atoms with E-state index in [1.165, 1.54) is 0 Å². The summed E-state index contributed by atoms with van der Waals surface area (Å²) in [6.07, 6.45) is 2.11. The van der Waals surface area contributed by atoms with Crippen molar-refractivity contribution in [2.75, 3.05) is 6.16 Å². The summed E-state index contributed by atoms with van der Waals surface area (Å²) in [5, 5.41) is 0. The molecular formula is C5H12FO2P. The van der Waals surface area contributed by atoms with Gasteiger partial charge in [0.15, 0.2) is 0 Å². The van der Waals surface area contributed by atoms with E-state index < -0.39 is 7.68 Å². The molecule has 0 aliphatic carbocycles. The molecular weight excluding hydrogens is 142 g/mol. The monoisotopic (exact) mass is 154 g/mol. The van der Waals surface area contributed by atoms with Crippen LogP contribution < -0.4 is 0 Å². The van der Waals surface area contributed by atoms with Crippen LogP contribution in [0.4, 0.5) is 4.20 Å². The van der Waals surface area contributed by atoms with E-state index in [-0.39, 0.29) is 6.16 Å². The average Bonchev–Trinajstić information content (AvgIpc) is 1.63. The lowest BCUT2D eigenvalue weighted by Crippen LogP contribution is -1.82.